The highest BCUT2D eigenvalue weighted by molar-refractivity contribution is 9.10. The summed E-state index contributed by atoms with van der Waals surface area (Å²) in [7, 11) is 0. The Hall–Kier alpha value is -0.720. The SMILES string of the molecule is CSC1CCCC1NC(=O)c1sc2cc(Br)ccc2c1N. The van der Waals surface area contributed by atoms with Gasteiger partial charge < -0.3 is 11.1 Å². The molecular weight excluding hydrogens is 368 g/mol. The van der Waals surface area contributed by atoms with Crippen molar-refractivity contribution in [3.05, 3.63) is 27.5 Å². The lowest BCUT2D eigenvalue weighted by Crippen LogP contribution is -2.38. The molecule has 1 aliphatic rings. The number of thioether (sulfide) groups is 1. The van der Waals surface area contributed by atoms with Gasteiger partial charge in [0.1, 0.15) is 4.88 Å². The van der Waals surface area contributed by atoms with Crippen LogP contribution in [0.2, 0.25) is 0 Å². The Kier molecular flexibility index (Phi) is 4.47. The molecule has 1 saturated carbocycles. The first-order valence-corrected chi connectivity index (χ1v) is 9.81. The molecule has 1 aromatic heterocycles. The first-order chi connectivity index (χ1) is 10.1. The number of benzene rings is 1. The zero-order valence-corrected chi connectivity index (χ0v) is 14.9. The van der Waals surface area contributed by atoms with Crippen LogP contribution in [0.15, 0.2) is 22.7 Å². The zero-order chi connectivity index (χ0) is 15.0. The monoisotopic (exact) mass is 384 g/mol. The number of hydrogen-bond acceptors (Lipinski definition) is 4. The molecule has 2 unspecified atom stereocenters. The topological polar surface area (TPSA) is 55.1 Å². The van der Waals surface area contributed by atoms with Crippen LogP contribution in [0.25, 0.3) is 10.1 Å². The predicted molar refractivity (Wildman–Crippen MR) is 96.3 cm³/mol. The van der Waals surface area contributed by atoms with Crippen LogP contribution in [0.5, 0.6) is 0 Å². The van der Waals surface area contributed by atoms with E-state index in [2.05, 4.69) is 27.5 Å². The van der Waals surface area contributed by atoms with Crippen LogP contribution in [0.3, 0.4) is 0 Å². The maximum atomic E-state index is 12.5. The summed E-state index contributed by atoms with van der Waals surface area (Å²) >= 11 is 6.76. The van der Waals surface area contributed by atoms with E-state index in [4.69, 9.17) is 5.73 Å². The van der Waals surface area contributed by atoms with Gasteiger partial charge in [-0.3, -0.25) is 4.79 Å². The van der Waals surface area contributed by atoms with Crippen LogP contribution >= 0.6 is 39.0 Å². The molecule has 21 heavy (non-hydrogen) atoms. The molecule has 0 spiro atoms. The van der Waals surface area contributed by atoms with Gasteiger partial charge in [-0.15, -0.1) is 11.3 Å². The first kappa shape index (κ1) is 15.2. The third-order valence-electron chi connectivity index (χ3n) is 3.97. The number of hydrogen-bond donors (Lipinski definition) is 2. The highest BCUT2D eigenvalue weighted by Gasteiger charge is 2.29. The third-order valence-corrected chi connectivity index (χ3v) is 6.80. The number of nitrogen functional groups attached to an aromatic ring is 1. The Morgan fingerprint density at radius 1 is 1.48 bits per heavy atom. The molecule has 1 heterocycles. The molecule has 3 N–H and O–H groups in total. The predicted octanol–water partition coefficient (Wildman–Crippen LogP) is 4.26. The molecule has 2 aromatic rings. The van der Waals surface area contributed by atoms with Gasteiger partial charge in [0.15, 0.2) is 0 Å². The third kappa shape index (κ3) is 2.94. The Morgan fingerprint density at radius 2 is 2.29 bits per heavy atom. The van der Waals surface area contributed by atoms with E-state index in [-0.39, 0.29) is 11.9 Å². The number of nitrogens with two attached hydrogens (primary N) is 1. The lowest BCUT2D eigenvalue weighted by molar-refractivity contribution is 0.0943. The second-order valence-corrected chi connectivity index (χ2v) is 8.32. The van der Waals surface area contributed by atoms with Gasteiger partial charge in [0.05, 0.1) is 5.69 Å². The van der Waals surface area contributed by atoms with E-state index in [0.29, 0.717) is 15.8 Å². The first-order valence-electron chi connectivity index (χ1n) is 6.91. The number of amides is 1. The van der Waals surface area contributed by atoms with Gasteiger partial charge in [-0.05, 0) is 31.2 Å². The van der Waals surface area contributed by atoms with Gasteiger partial charge >= 0.3 is 0 Å². The Balaban J connectivity index is 1.86. The molecule has 1 amide bonds. The summed E-state index contributed by atoms with van der Waals surface area (Å²) in [5.74, 6) is -0.0317. The second kappa shape index (κ2) is 6.18. The summed E-state index contributed by atoms with van der Waals surface area (Å²) in [4.78, 5) is 13.2. The Labute approximate surface area is 140 Å². The largest absolute Gasteiger partial charge is 0.397 e. The molecule has 6 heteroatoms. The summed E-state index contributed by atoms with van der Waals surface area (Å²) in [6.45, 7) is 0. The minimum Gasteiger partial charge on any atom is -0.397 e. The lowest BCUT2D eigenvalue weighted by atomic mass is 10.2. The fraction of sp³-hybridized carbons (Fsp3) is 0.400. The van der Waals surface area contributed by atoms with Crippen LogP contribution in [0.1, 0.15) is 28.9 Å². The van der Waals surface area contributed by atoms with Crippen molar-refractivity contribution in [3.63, 3.8) is 0 Å². The van der Waals surface area contributed by atoms with E-state index in [1.165, 1.54) is 24.2 Å². The Bertz CT molecular complexity index is 686. The number of carbonyl (C=O) groups excluding carboxylic acids is 1. The number of thiophene rings is 1. The van der Waals surface area contributed by atoms with E-state index in [1.807, 2.05) is 30.0 Å². The number of fused-ring (bicyclic) bond motifs is 1. The van der Waals surface area contributed by atoms with Crippen LogP contribution in [-0.4, -0.2) is 23.5 Å². The zero-order valence-electron chi connectivity index (χ0n) is 11.7. The summed E-state index contributed by atoms with van der Waals surface area (Å²) in [5.41, 5.74) is 6.76. The van der Waals surface area contributed by atoms with Crippen molar-refractivity contribution in [1.82, 2.24) is 5.32 Å². The number of anilines is 1. The van der Waals surface area contributed by atoms with Crippen molar-refractivity contribution >= 4 is 60.7 Å². The van der Waals surface area contributed by atoms with Gasteiger partial charge in [0.2, 0.25) is 0 Å². The maximum Gasteiger partial charge on any atom is 0.263 e. The van der Waals surface area contributed by atoms with E-state index in [1.54, 1.807) is 0 Å². The number of rotatable bonds is 3. The van der Waals surface area contributed by atoms with Crippen LogP contribution in [0.4, 0.5) is 5.69 Å². The molecule has 1 aromatic carbocycles. The van der Waals surface area contributed by atoms with E-state index < -0.39 is 0 Å². The molecule has 3 rings (SSSR count). The van der Waals surface area contributed by atoms with E-state index in [9.17, 15) is 4.79 Å². The second-order valence-electron chi connectivity index (χ2n) is 5.27. The molecule has 0 bridgehead atoms. The van der Waals surface area contributed by atoms with Crippen molar-refractivity contribution in [2.75, 3.05) is 12.0 Å². The molecule has 3 nitrogen and oxygen atoms in total. The van der Waals surface area contributed by atoms with Gasteiger partial charge in [-0.25, -0.2) is 0 Å². The molecule has 0 aliphatic heterocycles. The highest BCUT2D eigenvalue weighted by atomic mass is 79.9. The molecule has 2 atom stereocenters. The molecule has 0 radical (unpaired) electrons. The summed E-state index contributed by atoms with van der Waals surface area (Å²) < 4.78 is 2.04. The molecule has 1 fully saturated rings. The minimum absolute atomic E-state index is 0.0317. The van der Waals surface area contributed by atoms with Gasteiger partial charge in [0.25, 0.3) is 5.91 Å². The standard InChI is InChI=1S/C15H17BrN2OS2/c1-20-11-4-2-3-10(11)18-15(19)14-13(17)9-6-5-8(16)7-12(9)21-14/h5-7,10-11H,2-4,17H2,1H3,(H,18,19). The molecule has 112 valence electrons. The fourth-order valence-electron chi connectivity index (χ4n) is 2.87. The number of halogens is 1. The lowest BCUT2D eigenvalue weighted by Gasteiger charge is -2.18. The summed E-state index contributed by atoms with van der Waals surface area (Å²) in [6, 6.07) is 6.19. The van der Waals surface area contributed by atoms with Crippen molar-refractivity contribution < 1.29 is 4.79 Å². The van der Waals surface area contributed by atoms with Crippen molar-refractivity contribution in [2.45, 2.75) is 30.6 Å². The smallest absolute Gasteiger partial charge is 0.263 e. The molecule has 1 aliphatic carbocycles. The molecule has 0 saturated heterocycles. The molecular formula is C15H17BrN2OS2. The van der Waals surface area contributed by atoms with Gasteiger partial charge in [0, 0.05) is 25.9 Å². The van der Waals surface area contributed by atoms with Crippen molar-refractivity contribution in [2.24, 2.45) is 0 Å². The Morgan fingerprint density at radius 3 is 3.05 bits per heavy atom. The van der Waals surface area contributed by atoms with Crippen molar-refractivity contribution in [3.8, 4) is 0 Å². The summed E-state index contributed by atoms with van der Waals surface area (Å²) in [6.07, 6.45) is 5.54. The summed E-state index contributed by atoms with van der Waals surface area (Å²) in [5, 5.41) is 4.66. The van der Waals surface area contributed by atoms with Crippen LogP contribution < -0.4 is 11.1 Å². The highest BCUT2D eigenvalue weighted by Crippen LogP contribution is 2.36. The van der Waals surface area contributed by atoms with Gasteiger partial charge in [-0.1, -0.05) is 28.4 Å². The normalized spacial score (nSPS) is 21.8. The average molecular weight is 385 g/mol. The fourth-order valence-corrected chi connectivity index (χ4v) is 5.38. The van der Waals surface area contributed by atoms with E-state index in [0.717, 1.165) is 21.0 Å². The number of carbonyl (C=O) groups is 1. The number of nitrogens with one attached hydrogen (secondary N) is 1. The van der Waals surface area contributed by atoms with Crippen molar-refractivity contribution in [1.29, 1.82) is 0 Å². The minimum atomic E-state index is -0.0317. The maximum absolute atomic E-state index is 12.5. The van der Waals surface area contributed by atoms with Crippen LogP contribution in [0, 0.1) is 0 Å². The average Bonchev–Trinajstić information content (AvgIpc) is 3.03. The van der Waals surface area contributed by atoms with E-state index >= 15 is 0 Å². The quantitative estimate of drug-likeness (QED) is 0.830. The van der Waals surface area contributed by atoms with Crippen LogP contribution in [-0.2, 0) is 0 Å². The van der Waals surface area contributed by atoms with Gasteiger partial charge in [-0.2, -0.15) is 11.8 Å².